The Morgan fingerprint density at radius 1 is 1.08 bits per heavy atom. The SMILES string of the molecule is CC(=O)NCCCNC1(c2cccc(C(C)(C)C)c2)CCC(=NOCCO)CC1.Cc1cc(F)cc(F)c1. The highest BCUT2D eigenvalue weighted by atomic mass is 19.1. The highest BCUT2D eigenvalue weighted by Crippen LogP contribution is 2.38. The first kappa shape index (κ1) is 31.4. The lowest BCUT2D eigenvalue weighted by molar-refractivity contribution is -0.118. The first-order chi connectivity index (χ1) is 17.9. The fraction of sp³-hybridized carbons (Fsp3) is 0.533. The molecule has 1 aliphatic rings. The number of benzene rings is 2. The Morgan fingerprint density at radius 2 is 1.74 bits per heavy atom. The van der Waals surface area contributed by atoms with E-state index in [0.717, 1.165) is 50.4 Å². The number of aliphatic hydroxyl groups is 1. The molecule has 0 radical (unpaired) electrons. The van der Waals surface area contributed by atoms with Gasteiger partial charge in [0.2, 0.25) is 5.91 Å². The van der Waals surface area contributed by atoms with Crippen LogP contribution in [0.1, 0.15) is 76.5 Å². The minimum atomic E-state index is -0.521. The van der Waals surface area contributed by atoms with E-state index in [-0.39, 0.29) is 30.1 Å². The predicted octanol–water partition coefficient (Wildman–Crippen LogP) is 5.51. The van der Waals surface area contributed by atoms with Crippen LogP contribution in [0.2, 0.25) is 0 Å². The van der Waals surface area contributed by atoms with Gasteiger partial charge in [-0.25, -0.2) is 8.78 Å². The second-order valence-corrected chi connectivity index (χ2v) is 10.8. The summed E-state index contributed by atoms with van der Waals surface area (Å²) < 4.78 is 24.4. The predicted molar refractivity (Wildman–Crippen MR) is 148 cm³/mol. The molecule has 0 spiro atoms. The molecule has 1 amide bonds. The third-order valence-corrected chi connectivity index (χ3v) is 6.54. The van der Waals surface area contributed by atoms with Gasteiger partial charge in [0.1, 0.15) is 18.2 Å². The van der Waals surface area contributed by atoms with E-state index >= 15 is 0 Å². The van der Waals surface area contributed by atoms with Crippen molar-refractivity contribution in [1.82, 2.24) is 10.6 Å². The van der Waals surface area contributed by atoms with E-state index in [2.05, 4.69) is 60.8 Å². The van der Waals surface area contributed by atoms with Crippen molar-refractivity contribution in [2.45, 2.75) is 77.7 Å². The molecule has 0 heterocycles. The fourth-order valence-electron chi connectivity index (χ4n) is 4.46. The Balaban J connectivity index is 0.000000474. The largest absolute Gasteiger partial charge is 0.393 e. The number of oxime groups is 1. The van der Waals surface area contributed by atoms with E-state index in [4.69, 9.17) is 9.94 Å². The summed E-state index contributed by atoms with van der Waals surface area (Å²) in [5.41, 5.74) is 4.31. The number of nitrogens with zero attached hydrogens (tertiary/aromatic N) is 1. The van der Waals surface area contributed by atoms with Crippen LogP contribution in [-0.4, -0.2) is 43.0 Å². The fourth-order valence-corrected chi connectivity index (χ4v) is 4.46. The summed E-state index contributed by atoms with van der Waals surface area (Å²) in [6, 6.07) is 12.3. The van der Waals surface area contributed by atoms with Crippen LogP contribution in [0, 0.1) is 18.6 Å². The molecule has 210 valence electrons. The Hall–Kier alpha value is -2.84. The van der Waals surface area contributed by atoms with Crippen LogP contribution in [0.15, 0.2) is 47.6 Å². The molecule has 0 bridgehead atoms. The maximum Gasteiger partial charge on any atom is 0.216 e. The van der Waals surface area contributed by atoms with Crippen LogP contribution >= 0.6 is 0 Å². The van der Waals surface area contributed by atoms with Gasteiger partial charge in [0.05, 0.1) is 12.3 Å². The average molecular weight is 532 g/mol. The molecule has 0 saturated heterocycles. The van der Waals surface area contributed by atoms with Crippen molar-refractivity contribution in [2.24, 2.45) is 5.16 Å². The van der Waals surface area contributed by atoms with E-state index in [1.54, 1.807) is 13.8 Å². The number of halogens is 2. The van der Waals surface area contributed by atoms with Crippen LogP contribution < -0.4 is 10.6 Å². The third-order valence-electron chi connectivity index (χ3n) is 6.54. The van der Waals surface area contributed by atoms with Crippen LogP contribution in [0.3, 0.4) is 0 Å². The molecule has 6 nitrogen and oxygen atoms in total. The molecule has 0 aromatic heterocycles. The normalized spacial score (nSPS) is 17.3. The van der Waals surface area contributed by atoms with E-state index < -0.39 is 11.6 Å². The Morgan fingerprint density at radius 3 is 2.29 bits per heavy atom. The van der Waals surface area contributed by atoms with Gasteiger partial charge in [0.15, 0.2) is 0 Å². The minimum absolute atomic E-state index is 0.0130. The second kappa shape index (κ2) is 14.9. The summed E-state index contributed by atoms with van der Waals surface area (Å²) in [5.74, 6) is -1.03. The van der Waals surface area contributed by atoms with Crippen molar-refractivity contribution in [2.75, 3.05) is 26.3 Å². The number of hydrogen-bond donors (Lipinski definition) is 3. The summed E-state index contributed by atoms with van der Waals surface area (Å²) >= 11 is 0. The summed E-state index contributed by atoms with van der Waals surface area (Å²) in [6.07, 6.45) is 4.51. The molecule has 0 aliphatic heterocycles. The molecule has 2 aromatic rings. The topological polar surface area (TPSA) is 83.0 Å². The van der Waals surface area contributed by atoms with Gasteiger partial charge in [-0.15, -0.1) is 0 Å². The van der Waals surface area contributed by atoms with Crippen molar-refractivity contribution in [3.8, 4) is 0 Å². The van der Waals surface area contributed by atoms with E-state index in [0.29, 0.717) is 12.1 Å². The molecule has 1 saturated carbocycles. The lowest BCUT2D eigenvalue weighted by Gasteiger charge is -2.40. The number of carbonyl (C=O) groups is 1. The maximum absolute atomic E-state index is 12.2. The molecule has 0 atom stereocenters. The molecule has 1 aliphatic carbocycles. The summed E-state index contributed by atoms with van der Waals surface area (Å²) in [4.78, 5) is 16.3. The Bertz CT molecular complexity index is 1010. The lowest BCUT2D eigenvalue weighted by Crippen LogP contribution is -2.46. The average Bonchev–Trinajstić information content (AvgIpc) is 2.84. The van der Waals surface area contributed by atoms with Crippen LogP contribution in [0.25, 0.3) is 0 Å². The van der Waals surface area contributed by atoms with Crippen LogP contribution in [-0.2, 0) is 20.6 Å². The van der Waals surface area contributed by atoms with Crippen molar-refractivity contribution < 1.29 is 23.5 Å². The zero-order valence-electron chi connectivity index (χ0n) is 23.4. The van der Waals surface area contributed by atoms with E-state index in [9.17, 15) is 13.6 Å². The quantitative estimate of drug-likeness (QED) is 0.295. The molecule has 2 aromatic carbocycles. The standard InChI is InChI=1S/C23H37N3O3.C7H6F2/c1-18(28)24-13-6-14-25-23(11-9-21(10-12-23)26-29-16-15-27)20-8-5-7-19(17-20)22(2,3)4;1-5-2-6(8)4-7(9)3-5/h5,7-8,17,25,27H,6,9-16H2,1-4H3,(H,24,28);2-4H,1H3. The minimum Gasteiger partial charge on any atom is -0.393 e. The number of rotatable bonds is 9. The van der Waals surface area contributed by atoms with Gasteiger partial charge in [-0.1, -0.05) is 50.2 Å². The van der Waals surface area contributed by atoms with Crippen molar-refractivity contribution >= 4 is 11.6 Å². The Labute approximate surface area is 225 Å². The summed E-state index contributed by atoms with van der Waals surface area (Å²) in [7, 11) is 0. The van der Waals surface area contributed by atoms with E-state index in [1.807, 2.05) is 0 Å². The van der Waals surface area contributed by atoms with Gasteiger partial charge in [-0.3, -0.25) is 4.79 Å². The second-order valence-electron chi connectivity index (χ2n) is 10.8. The third kappa shape index (κ3) is 10.5. The first-order valence-corrected chi connectivity index (χ1v) is 13.3. The number of carbonyl (C=O) groups excluding carboxylic acids is 1. The van der Waals surface area contributed by atoms with Gasteiger partial charge >= 0.3 is 0 Å². The lowest BCUT2D eigenvalue weighted by atomic mass is 9.74. The molecule has 38 heavy (non-hydrogen) atoms. The number of aryl methyl sites for hydroxylation is 1. The molecule has 0 unspecified atom stereocenters. The van der Waals surface area contributed by atoms with Crippen molar-refractivity contribution in [3.05, 3.63) is 70.8 Å². The highest BCUT2D eigenvalue weighted by Gasteiger charge is 2.36. The molecular formula is C30H43F2N3O3. The van der Waals surface area contributed by atoms with Gasteiger partial charge in [0, 0.05) is 25.1 Å². The zero-order chi connectivity index (χ0) is 28.2. The molecule has 3 N–H and O–H groups in total. The van der Waals surface area contributed by atoms with Crippen molar-refractivity contribution in [1.29, 1.82) is 0 Å². The van der Waals surface area contributed by atoms with Gasteiger partial charge in [-0.05, 0) is 79.8 Å². The van der Waals surface area contributed by atoms with Gasteiger partial charge in [-0.2, -0.15) is 0 Å². The summed E-state index contributed by atoms with van der Waals surface area (Å²) in [6.45, 7) is 11.7. The van der Waals surface area contributed by atoms with Crippen LogP contribution in [0.5, 0.6) is 0 Å². The smallest absolute Gasteiger partial charge is 0.216 e. The van der Waals surface area contributed by atoms with Gasteiger partial charge in [0.25, 0.3) is 0 Å². The molecular weight excluding hydrogens is 488 g/mol. The van der Waals surface area contributed by atoms with Gasteiger partial charge < -0.3 is 20.6 Å². The number of amides is 1. The van der Waals surface area contributed by atoms with Crippen molar-refractivity contribution in [3.63, 3.8) is 0 Å². The van der Waals surface area contributed by atoms with Crippen LogP contribution in [0.4, 0.5) is 8.78 Å². The molecule has 3 rings (SSSR count). The maximum atomic E-state index is 12.2. The summed E-state index contributed by atoms with van der Waals surface area (Å²) in [5, 5.41) is 19.7. The zero-order valence-corrected chi connectivity index (χ0v) is 23.4. The molecule has 8 heteroatoms. The Kier molecular flexibility index (Phi) is 12.3. The number of nitrogens with one attached hydrogen (secondary N) is 2. The monoisotopic (exact) mass is 531 g/mol. The number of hydrogen-bond acceptors (Lipinski definition) is 5. The molecule has 1 fully saturated rings. The number of aliphatic hydroxyl groups excluding tert-OH is 1. The highest BCUT2D eigenvalue weighted by molar-refractivity contribution is 5.85. The first-order valence-electron chi connectivity index (χ1n) is 13.3. The van der Waals surface area contributed by atoms with E-state index in [1.165, 1.54) is 23.3 Å².